The van der Waals surface area contributed by atoms with Gasteiger partial charge in [-0.3, -0.25) is 9.59 Å². The van der Waals surface area contributed by atoms with Crippen LogP contribution in [0.25, 0.3) is 0 Å². The second kappa shape index (κ2) is 6.40. The normalized spacial score (nSPS) is 24.5. The molecule has 2 fully saturated rings. The number of fused-ring (bicyclic) bond motifs is 2. The highest BCUT2D eigenvalue weighted by Crippen LogP contribution is 2.52. The van der Waals surface area contributed by atoms with Crippen molar-refractivity contribution in [3.63, 3.8) is 0 Å². The number of rotatable bonds is 4. The van der Waals surface area contributed by atoms with Crippen LogP contribution in [-0.2, 0) is 10.2 Å². The lowest BCUT2D eigenvalue weighted by molar-refractivity contribution is -0.122. The van der Waals surface area contributed by atoms with Gasteiger partial charge in [0, 0.05) is 41.1 Å². The van der Waals surface area contributed by atoms with Crippen molar-refractivity contribution in [1.82, 2.24) is 15.1 Å². The Morgan fingerprint density at radius 1 is 1.40 bits per heavy atom. The van der Waals surface area contributed by atoms with Crippen LogP contribution in [0.4, 0.5) is 0 Å². The number of carbonyl (C=O) groups is 2. The van der Waals surface area contributed by atoms with E-state index in [1.54, 1.807) is 4.90 Å². The number of carbonyl (C=O) groups excluding carboxylic acids is 2. The molecule has 6 heteroatoms. The van der Waals surface area contributed by atoms with Gasteiger partial charge in [0.25, 0.3) is 5.91 Å². The third-order valence-electron chi connectivity index (χ3n) is 5.84. The van der Waals surface area contributed by atoms with Crippen molar-refractivity contribution in [3.8, 4) is 0 Å². The zero-order valence-electron chi connectivity index (χ0n) is 14.6. The molecule has 1 N–H and O–H groups in total. The highest BCUT2D eigenvalue weighted by atomic mass is 79.9. The molecule has 0 radical (unpaired) electrons. The maximum Gasteiger partial charge on any atom is 0.254 e. The maximum atomic E-state index is 12.8. The number of benzene rings is 1. The number of likely N-dealkylation sites (tertiary alicyclic amines) is 1. The quantitative estimate of drug-likeness (QED) is 0.834. The van der Waals surface area contributed by atoms with E-state index in [2.05, 4.69) is 39.1 Å². The van der Waals surface area contributed by atoms with Crippen molar-refractivity contribution in [1.29, 1.82) is 0 Å². The van der Waals surface area contributed by atoms with Gasteiger partial charge in [-0.15, -0.1) is 0 Å². The summed E-state index contributed by atoms with van der Waals surface area (Å²) in [6, 6.07) is 6.09. The van der Waals surface area contributed by atoms with Gasteiger partial charge < -0.3 is 15.1 Å². The molecule has 0 unspecified atom stereocenters. The fourth-order valence-corrected chi connectivity index (χ4v) is 4.59. The monoisotopic (exact) mass is 405 g/mol. The number of hydrogen-bond acceptors (Lipinski definition) is 3. The predicted molar refractivity (Wildman–Crippen MR) is 99.6 cm³/mol. The Hall–Kier alpha value is -1.40. The first kappa shape index (κ1) is 17.0. The minimum absolute atomic E-state index is 0.0169. The van der Waals surface area contributed by atoms with Crippen LogP contribution in [0.1, 0.15) is 42.1 Å². The molecule has 1 aliphatic carbocycles. The number of nitrogens with zero attached hydrogens (tertiary/aromatic N) is 2. The zero-order chi connectivity index (χ0) is 17.6. The molecule has 25 heavy (non-hydrogen) atoms. The minimum Gasteiger partial charge on any atom is -0.350 e. The number of amides is 2. The number of nitrogens with one attached hydrogen (secondary N) is 1. The third kappa shape index (κ3) is 3.22. The Morgan fingerprint density at radius 2 is 2.20 bits per heavy atom. The van der Waals surface area contributed by atoms with Crippen LogP contribution in [0.2, 0.25) is 0 Å². The van der Waals surface area contributed by atoms with Gasteiger partial charge in [-0.05, 0) is 49.6 Å². The molecule has 0 bridgehead atoms. The van der Waals surface area contributed by atoms with E-state index < -0.39 is 0 Å². The summed E-state index contributed by atoms with van der Waals surface area (Å²) < 4.78 is 1.01. The smallest absolute Gasteiger partial charge is 0.254 e. The van der Waals surface area contributed by atoms with Crippen LogP contribution >= 0.6 is 15.9 Å². The van der Waals surface area contributed by atoms with E-state index in [0.29, 0.717) is 6.54 Å². The van der Waals surface area contributed by atoms with Crippen molar-refractivity contribution in [2.75, 3.05) is 32.7 Å². The van der Waals surface area contributed by atoms with Crippen LogP contribution in [0.15, 0.2) is 22.7 Å². The van der Waals surface area contributed by atoms with E-state index in [9.17, 15) is 9.59 Å². The summed E-state index contributed by atoms with van der Waals surface area (Å²) in [6.07, 6.45) is 3.18. The molecule has 4 rings (SSSR count). The maximum absolute atomic E-state index is 12.8. The fourth-order valence-electron chi connectivity index (χ4n) is 4.22. The fraction of sp³-hybridized carbons (Fsp3) is 0.579. The summed E-state index contributed by atoms with van der Waals surface area (Å²) in [4.78, 5) is 29.4. The van der Waals surface area contributed by atoms with Gasteiger partial charge in [0.15, 0.2) is 0 Å². The third-order valence-corrected chi connectivity index (χ3v) is 6.33. The second-order valence-corrected chi connectivity index (χ2v) is 8.49. The molecule has 1 saturated carbocycles. The van der Waals surface area contributed by atoms with Gasteiger partial charge in [-0.25, -0.2) is 0 Å². The summed E-state index contributed by atoms with van der Waals surface area (Å²) in [6.45, 7) is 5.94. The van der Waals surface area contributed by atoms with Crippen LogP contribution in [0.5, 0.6) is 0 Å². The van der Waals surface area contributed by atoms with Gasteiger partial charge >= 0.3 is 0 Å². The average molecular weight is 406 g/mol. The van der Waals surface area contributed by atoms with Crippen molar-refractivity contribution in [3.05, 3.63) is 33.8 Å². The number of halogens is 1. The molecule has 1 saturated heterocycles. The standard InChI is InChI=1S/C19H24BrN3O2/c1-2-22-8-5-14(10-22)21-17(24)11-23-12-19(6-7-19)16-9-13(20)3-4-15(16)18(23)25/h3-4,9,14H,2,5-8,10-12H2,1H3,(H,21,24)/t14-/m0/s1. The lowest BCUT2D eigenvalue weighted by Gasteiger charge is -2.34. The van der Waals surface area contributed by atoms with Crippen molar-refractivity contribution in [2.24, 2.45) is 0 Å². The van der Waals surface area contributed by atoms with Gasteiger partial charge in [-0.2, -0.15) is 0 Å². The highest BCUT2D eigenvalue weighted by Gasteiger charge is 2.51. The summed E-state index contributed by atoms with van der Waals surface area (Å²) in [5.41, 5.74) is 1.98. The van der Waals surface area contributed by atoms with E-state index >= 15 is 0 Å². The Balaban J connectivity index is 1.44. The number of hydrogen-bond donors (Lipinski definition) is 1. The Bertz CT molecular complexity index is 717. The van der Waals surface area contributed by atoms with Gasteiger partial charge in [0.1, 0.15) is 0 Å². The molecule has 2 heterocycles. The molecule has 5 nitrogen and oxygen atoms in total. The molecular formula is C19H24BrN3O2. The van der Waals surface area contributed by atoms with E-state index in [1.807, 2.05) is 12.1 Å². The first-order chi connectivity index (χ1) is 12.0. The van der Waals surface area contributed by atoms with Gasteiger partial charge in [-0.1, -0.05) is 22.9 Å². The Morgan fingerprint density at radius 3 is 2.88 bits per heavy atom. The van der Waals surface area contributed by atoms with Crippen molar-refractivity contribution < 1.29 is 9.59 Å². The summed E-state index contributed by atoms with van der Waals surface area (Å²) in [7, 11) is 0. The largest absolute Gasteiger partial charge is 0.350 e. The molecule has 134 valence electrons. The van der Waals surface area contributed by atoms with Crippen LogP contribution in [0.3, 0.4) is 0 Å². The zero-order valence-corrected chi connectivity index (χ0v) is 16.1. The molecule has 3 aliphatic rings. The summed E-state index contributed by atoms with van der Waals surface area (Å²) in [5, 5.41) is 3.11. The molecule has 1 aromatic rings. The molecular weight excluding hydrogens is 382 g/mol. The van der Waals surface area contributed by atoms with Crippen LogP contribution < -0.4 is 5.32 Å². The first-order valence-corrected chi connectivity index (χ1v) is 9.91. The Kier molecular flexibility index (Phi) is 4.36. The van der Waals surface area contributed by atoms with E-state index in [1.165, 1.54) is 0 Å². The molecule has 0 aromatic heterocycles. The van der Waals surface area contributed by atoms with Crippen LogP contribution in [0, 0.1) is 0 Å². The van der Waals surface area contributed by atoms with Gasteiger partial charge in [0.2, 0.25) is 5.91 Å². The van der Waals surface area contributed by atoms with E-state index in [4.69, 9.17) is 0 Å². The highest BCUT2D eigenvalue weighted by molar-refractivity contribution is 9.10. The summed E-state index contributed by atoms with van der Waals surface area (Å²) >= 11 is 3.51. The molecule has 1 spiro atoms. The second-order valence-electron chi connectivity index (χ2n) is 7.58. The lowest BCUT2D eigenvalue weighted by Crippen LogP contribution is -2.49. The molecule has 1 atom stereocenters. The molecule has 2 amide bonds. The van der Waals surface area contributed by atoms with Crippen LogP contribution in [-0.4, -0.2) is 60.4 Å². The average Bonchev–Trinajstić information content (AvgIpc) is 3.22. The first-order valence-electron chi connectivity index (χ1n) is 9.12. The predicted octanol–water partition coefficient (Wildman–Crippen LogP) is 2.15. The number of likely N-dealkylation sites (N-methyl/N-ethyl adjacent to an activating group) is 1. The molecule has 1 aromatic carbocycles. The topological polar surface area (TPSA) is 52.7 Å². The van der Waals surface area contributed by atoms with E-state index in [0.717, 1.165) is 54.5 Å². The van der Waals surface area contributed by atoms with Crippen molar-refractivity contribution >= 4 is 27.7 Å². The summed E-state index contributed by atoms with van der Waals surface area (Å²) in [5.74, 6) is -0.0514. The minimum atomic E-state index is -0.0346. The lowest BCUT2D eigenvalue weighted by atomic mass is 9.86. The van der Waals surface area contributed by atoms with Crippen molar-refractivity contribution in [2.45, 2.75) is 37.6 Å². The van der Waals surface area contributed by atoms with Gasteiger partial charge in [0.05, 0.1) is 6.54 Å². The SMILES string of the molecule is CCN1CC[C@H](NC(=O)CN2CC3(CC3)c3cc(Br)ccc3C2=O)C1. The molecule has 2 aliphatic heterocycles. The Labute approximate surface area is 156 Å². The van der Waals surface area contributed by atoms with E-state index in [-0.39, 0.29) is 29.8 Å².